The summed E-state index contributed by atoms with van der Waals surface area (Å²) in [4.78, 5) is 3.77. The first-order chi connectivity index (χ1) is 5.04. The summed E-state index contributed by atoms with van der Waals surface area (Å²) in [6.07, 6.45) is 0. The van der Waals surface area contributed by atoms with Crippen molar-refractivity contribution >= 4 is 31.9 Å². The molecule has 3 heteroatoms. The van der Waals surface area contributed by atoms with Crippen molar-refractivity contribution in [3.05, 3.63) is 27.3 Å². The molecule has 0 unspecified atom stereocenters. The van der Waals surface area contributed by atoms with Gasteiger partial charge in [-0.2, -0.15) is 0 Å². The van der Waals surface area contributed by atoms with Crippen LogP contribution in [0.5, 0.6) is 0 Å². The normalized spacial score (nSPS) is 14.5. The molecule has 0 aliphatic heterocycles. The number of nitrogens with zero attached hydrogens (tertiary/aromatic N) is 1. The van der Waals surface area contributed by atoms with E-state index < -0.39 is 0 Å². The van der Waals surface area contributed by atoms with Crippen molar-refractivity contribution < 1.29 is 4.11 Å². The van der Waals surface area contributed by atoms with Crippen LogP contribution in [0.3, 0.4) is 0 Å². The van der Waals surface area contributed by atoms with E-state index in [2.05, 4.69) is 36.8 Å². The van der Waals surface area contributed by atoms with Gasteiger partial charge in [-0.25, -0.2) is 4.98 Å². The molecule has 0 amide bonds. The molecule has 1 nitrogen and oxygen atoms in total. The molecule has 0 fully saturated rings. The highest BCUT2D eigenvalue weighted by molar-refractivity contribution is 9.11. The van der Waals surface area contributed by atoms with E-state index in [-0.39, 0.29) is 27.3 Å². The number of hydrogen-bond acceptors (Lipinski definition) is 1. The SMILES string of the molecule is [2H]c1c(Br)nc(Br)c([2H])c1[2H]. The van der Waals surface area contributed by atoms with E-state index in [0.29, 0.717) is 0 Å². The van der Waals surface area contributed by atoms with Gasteiger partial charge in [-0.05, 0) is 43.9 Å². The average molecular weight is 240 g/mol. The maximum Gasteiger partial charge on any atom is 0.107 e. The van der Waals surface area contributed by atoms with Crippen LogP contribution >= 0.6 is 31.9 Å². The highest BCUT2D eigenvalue weighted by Crippen LogP contribution is 2.10. The van der Waals surface area contributed by atoms with Gasteiger partial charge in [0.15, 0.2) is 0 Å². The molecule has 1 heterocycles. The fourth-order valence-electron chi connectivity index (χ4n) is 0.276. The minimum atomic E-state index is -0.126. The zero-order valence-electron chi connectivity index (χ0n) is 6.70. The number of aromatic nitrogens is 1. The second-order valence-electron chi connectivity index (χ2n) is 1.07. The van der Waals surface area contributed by atoms with Gasteiger partial charge in [0, 0.05) is 0 Å². The topological polar surface area (TPSA) is 12.9 Å². The Balaban J connectivity index is 3.46. The van der Waals surface area contributed by atoms with E-state index >= 15 is 0 Å². The van der Waals surface area contributed by atoms with Gasteiger partial charge in [0.1, 0.15) is 9.21 Å². The van der Waals surface area contributed by atoms with Crippen LogP contribution in [-0.2, 0) is 0 Å². The Kier molecular flexibility index (Phi) is 1.08. The molecule has 0 saturated carbocycles. The average Bonchev–Trinajstić information content (AvgIpc) is 1.97. The maximum absolute atomic E-state index is 7.25. The summed E-state index contributed by atoms with van der Waals surface area (Å²) in [6.45, 7) is 0. The lowest BCUT2D eigenvalue weighted by Crippen LogP contribution is -1.72. The van der Waals surface area contributed by atoms with Crippen molar-refractivity contribution in [2.45, 2.75) is 0 Å². The first-order valence-electron chi connectivity index (χ1n) is 3.33. The molecule has 0 atom stereocenters. The smallest absolute Gasteiger partial charge is 0.107 e. The predicted molar refractivity (Wildman–Crippen MR) is 39.6 cm³/mol. The molecule has 1 rings (SSSR count). The van der Waals surface area contributed by atoms with Crippen molar-refractivity contribution in [1.29, 1.82) is 0 Å². The molecule has 0 aromatic carbocycles. The monoisotopic (exact) mass is 238 g/mol. The lowest BCUT2D eigenvalue weighted by Gasteiger charge is -1.86. The van der Waals surface area contributed by atoms with Crippen LogP contribution in [0.1, 0.15) is 4.11 Å². The molecule has 0 saturated heterocycles. The van der Waals surface area contributed by atoms with E-state index in [1.54, 1.807) is 0 Å². The fourth-order valence-corrected chi connectivity index (χ4v) is 1.07. The van der Waals surface area contributed by atoms with Crippen molar-refractivity contribution in [2.24, 2.45) is 0 Å². The summed E-state index contributed by atoms with van der Waals surface area (Å²) in [7, 11) is 0. The summed E-state index contributed by atoms with van der Waals surface area (Å²) in [5.41, 5.74) is 0. The molecule has 0 bridgehead atoms. The first-order valence-corrected chi connectivity index (χ1v) is 3.41. The third-order valence-electron chi connectivity index (χ3n) is 0.528. The standard InChI is InChI=1S/C5H3Br2N/c6-4-2-1-3-5(7)8-4/h1-3H/i1D,2D,3D. The van der Waals surface area contributed by atoms with Gasteiger partial charge < -0.3 is 0 Å². The van der Waals surface area contributed by atoms with Crippen LogP contribution in [0.2, 0.25) is 0 Å². The summed E-state index contributed by atoms with van der Waals surface area (Å²) >= 11 is 6.00. The van der Waals surface area contributed by atoms with E-state index in [1.807, 2.05) is 0 Å². The summed E-state index contributed by atoms with van der Waals surface area (Å²) in [5.74, 6) is 0. The van der Waals surface area contributed by atoms with E-state index in [9.17, 15) is 0 Å². The number of rotatable bonds is 0. The summed E-state index contributed by atoms with van der Waals surface area (Å²) in [5, 5.41) is 0. The zero-order chi connectivity index (χ0) is 8.59. The molecule has 1 aromatic rings. The lowest BCUT2D eigenvalue weighted by atomic mass is 10.5. The van der Waals surface area contributed by atoms with E-state index in [1.165, 1.54) is 0 Å². The van der Waals surface area contributed by atoms with Crippen LogP contribution in [0.25, 0.3) is 0 Å². The Morgan fingerprint density at radius 3 is 2.38 bits per heavy atom. The molecule has 0 N–H and O–H groups in total. The second-order valence-corrected chi connectivity index (χ2v) is 2.57. The van der Waals surface area contributed by atoms with Gasteiger partial charge in [-0.3, -0.25) is 0 Å². The minimum Gasteiger partial charge on any atom is -0.234 e. The van der Waals surface area contributed by atoms with Gasteiger partial charge in [0.05, 0.1) is 4.11 Å². The maximum atomic E-state index is 7.25. The Labute approximate surface area is 68.6 Å². The van der Waals surface area contributed by atoms with Gasteiger partial charge >= 0.3 is 0 Å². The zero-order valence-corrected chi connectivity index (χ0v) is 6.88. The van der Waals surface area contributed by atoms with Crippen LogP contribution < -0.4 is 0 Å². The Bertz CT molecular complexity index is 276. The molecule has 0 radical (unpaired) electrons. The highest BCUT2D eigenvalue weighted by atomic mass is 79.9. The fraction of sp³-hybridized carbons (Fsp3) is 0. The molecule has 42 valence electrons. The van der Waals surface area contributed by atoms with Gasteiger partial charge in [-0.1, -0.05) is 6.04 Å². The van der Waals surface area contributed by atoms with Gasteiger partial charge in [0.2, 0.25) is 0 Å². The molecule has 8 heavy (non-hydrogen) atoms. The molecule has 0 spiro atoms. The highest BCUT2D eigenvalue weighted by Gasteiger charge is 1.85. The lowest BCUT2D eigenvalue weighted by molar-refractivity contribution is 1.23. The van der Waals surface area contributed by atoms with Crippen molar-refractivity contribution in [3.8, 4) is 0 Å². The van der Waals surface area contributed by atoms with Crippen molar-refractivity contribution in [1.82, 2.24) is 4.98 Å². The van der Waals surface area contributed by atoms with Crippen LogP contribution in [0.4, 0.5) is 0 Å². The molecular formula is C5H3Br2N. The summed E-state index contributed by atoms with van der Waals surface area (Å²) < 4.78 is 22.3. The third-order valence-corrected chi connectivity index (χ3v) is 1.28. The Morgan fingerprint density at radius 2 is 1.88 bits per heavy atom. The Morgan fingerprint density at radius 1 is 1.38 bits per heavy atom. The number of pyridine rings is 1. The first kappa shape index (κ1) is 3.32. The molecule has 0 aliphatic carbocycles. The number of halogens is 2. The largest absolute Gasteiger partial charge is 0.234 e. The Hall–Kier alpha value is 0.110. The van der Waals surface area contributed by atoms with Crippen LogP contribution in [0, 0.1) is 0 Å². The number of hydrogen-bond donors (Lipinski definition) is 0. The molecular weight excluding hydrogens is 234 g/mol. The summed E-state index contributed by atoms with van der Waals surface area (Å²) in [6, 6.07) is -0.241. The quantitative estimate of drug-likeness (QED) is 0.635. The predicted octanol–water partition coefficient (Wildman–Crippen LogP) is 2.61. The van der Waals surface area contributed by atoms with Crippen LogP contribution in [0.15, 0.2) is 27.3 Å². The second kappa shape index (κ2) is 2.60. The van der Waals surface area contributed by atoms with E-state index in [0.717, 1.165) is 0 Å². The van der Waals surface area contributed by atoms with Gasteiger partial charge in [-0.15, -0.1) is 0 Å². The van der Waals surface area contributed by atoms with Crippen molar-refractivity contribution in [3.63, 3.8) is 0 Å². The van der Waals surface area contributed by atoms with Crippen LogP contribution in [-0.4, -0.2) is 4.98 Å². The van der Waals surface area contributed by atoms with Gasteiger partial charge in [0.25, 0.3) is 0 Å². The molecule has 0 aliphatic rings. The van der Waals surface area contributed by atoms with E-state index in [4.69, 9.17) is 4.11 Å². The molecule has 1 aromatic heterocycles. The minimum absolute atomic E-state index is 0.0572. The third kappa shape index (κ3) is 1.56. The van der Waals surface area contributed by atoms with Crippen molar-refractivity contribution in [2.75, 3.05) is 0 Å².